The van der Waals surface area contributed by atoms with Crippen LogP contribution in [-0.2, 0) is 35.3 Å². The number of rotatable bonds is 6. The first-order chi connectivity index (χ1) is 19.0. The molecule has 236 valence electrons. The molecule has 0 atom stereocenters. The highest BCUT2D eigenvalue weighted by Crippen LogP contribution is 2.30. The van der Waals surface area contributed by atoms with Crippen molar-refractivity contribution in [3.63, 3.8) is 0 Å². The number of hydrogen-bond donors (Lipinski definition) is 1. The van der Waals surface area contributed by atoms with Crippen molar-refractivity contribution in [1.82, 2.24) is 25.3 Å². The van der Waals surface area contributed by atoms with Crippen LogP contribution in [-0.4, -0.2) is 50.8 Å². The Morgan fingerprint density at radius 3 is 1.88 bits per heavy atom. The van der Waals surface area contributed by atoms with Crippen molar-refractivity contribution in [2.24, 2.45) is 5.41 Å². The Kier molecular flexibility index (Phi) is 15.4. The molecular formula is C30H46Cl4N6O2. The number of nitrogens with one attached hydrogen (secondary N) is 1. The molecule has 1 amide bonds. The fourth-order valence-corrected chi connectivity index (χ4v) is 5.45. The number of nitrogens with zero attached hydrogens (tertiary/aromatic N) is 5. The zero-order valence-corrected chi connectivity index (χ0v) is 29.3. The molecule has 4 rings (SSSR count). The van der Waals surface area contributed by atoms with Crippen molar-refractivity contribution in [3.05, 3.63) is 38.2 Å². The maximum atomic E-state index is 12.1. The van der Waals surface area contributed by atoms with Gasteiger partial charge in [0.1, 0.15) is 11.0 Å². The third-order valence-electron chi connectivity index (χ3n) is 6.23. The number of Topliss-reactive ketones (excluding diaryl/α,β-unsaturated/α-hetero) is 1. The molecule has 0 fully saturated rings. The first-order valence-electron chi connectivity index (χ1n) is 14.3. The molecule has 1 N–H and O–H groups in total. The van der Waals surface area contributed by atoms with Crippen molar-refractivity contribution in [2.75, 3.05) is 18.5 Å². The molecule has 0 radical (unpaired) electrons. The Hall–Kier alpha value is -1.74. The normalized spacial score (nSPS) is 13.4. The molecule has 0 unspecified atom stereocenters. The van der Waals surface area contributed by atoms with E-state index in [-0.39, 0.29) is 45.6 Å². The molecule has 12 heteroatoms. The van der Waals surface area contributed by atoms with Gasteiger partial charge >= 0.3 is 0 Å². The van der Waals surface area contributed by atoms with Gasteiger partial charge in [0.15, 0.2) is 5.78 Å². The number of aromatic nitrogens is 4. The van der Waals surface area contributed by atoms with E-state index in [9.17, 15) is 9.59 Å². The summed E-state index contributed by atoms with van der Waals surface area (Å²) in [5.41, 5.74) is 4.23. The third kappa shape index (κ3) is 13.3. The Morgan fingerprint density at radius 1 is 0.833 bits per heavy atom. The highest BCUT2D eigenvalue weighted by Gasteiger charge is 2.23. The van der Waals surface area contributed by atoms with Gasteiger partial charge in [0.05, 0.1) is 17.9 Å². The molecule has 0 saturated carbocycles. The first-order valence-corrected chi connectivity index (χ1v) is 15.4. The molecule has 2 aliphatic rings. The van der Waals surface area contributed by atoms with Gasteiger partial charge in [-0.05, 0) is 94.3 Å². The van der Waals surface area contributed by atoms with Crippen LogP contribution >= 0.6 is 47.2 Å². The summed E-state index contributed by atoms with van der Waals surface area (Å²) >= 11 is 17.4. The number of hydrogen-bond acceptors (Lipinski definition) is 7. The highest BCUT2D eigenvalue weighted by molar-refractivity contribution is 6.32. The summed E-state index contributed by atoms with van der Waals surface area (Å²) < 4.78 is 0. The van der Waals surface area contributed by atoms with E-state index in [0.29, 0.717) is 24.5 Å². The van der Waals surface area contributed by atoms with E-state index in [1.807, 2.05) is 39.6 Å². The maximum absolute atomic E-state index is 12.1. The lowest BCUT2D eigenvalue weighted by Gasteiger charge is -2.23. The predicted octanol–water partition coefficient (Wildman–Crippen LogP) is 7.46. The largest absolute Gasteiger partial charge is 0.352 e. The SMILES string of the molecule is CCCC(=O)NC(C)(C)C.CN(CC(=O)CC(C)(C)C)c1nc(Cl)nc2c1CCC2.Cl.Clc1nc(Cl)c2c(n1)CCC2. The number of ketones is 1. The number of amides is 1. The smallest absolute Gasteiger partial charge is 0.224 e. The highest BCUT2D eigenvalue weighted by atomic mass is 35.5. The fourth-order valence-electron chi connectivity index (χ4n) is 4.75. The van der Waals surface area contributed by atoms with Crippen molar-refractivity contribution in [1.29, 1.82) is 0 Å². The Balaban J connectivity index is 0.000000341. The second kappa shape index (κ2) is 16.9. The molecule has 0 bridgehead atoms. The maximum Gasteiger partial charge on any atom is 0.224 e. The van der Waals surface area contributed by atoms with Crippen LogP contribution in [0.15, 0.2) is 0 Å². The molecule has 2 aromatic rings. The van der Waals surface area contributed by atoms with E-state index >= 15 is 0 Å². The van der Waals surface area contributed by atoms with Gasteiger partial charge in [-0.15, -0.1) is 12.4 Å². The molecule has 2 aliphatic carbocycles. The number of carbonyl (C=O) groups is 2. The number of likely N-dealkylation sites (N-methyl/N-ethyl adjacent to an activating group) is 1. The molecule has 0 spiro atoms. The van der Waals surface area contributed by atoms with Crippen LogP contribution in [0, 0.1) is 5.41 Å². The van der Waals surface area contributed by atoms with E-state index < -0.39 is 0 Å². The Labute approximate surface area is 272 Å². The lowest BCUT2D eigenvalue weighted by molar-refractivity contribution is -0.122. The van der Waals surface area contributed by atoms with Crippen LogP contribution in [0.2, 0.25) is 15.7 Å². The average Bonchev–Trinajstić information content (AvgIpc) is 3.46. The lowest BCUT2D eigenvalue weighted by Crippen LogP contribution is -2.40. The molecular weight excluding hydrogens is 618 g/mol. The fraction of sp³-hybridized carbons (Fsp3) is 0.667. The summed E-state index contributed by atoms with van der Waals surface area (Å²) in [5, 5.41) is 3.94. The molecule has 0 aliphatic heterocycles. The standard InChI is InChI=1S/C15H22ClN3O.C8H17NO.C7H6Cl2N2.ClH/c1-15(2,3)8-10(20)9-19(4)13-11-6-5-7-12(11)17-14(16)18-13;1-5-6-7(10)9-8(2,3)4;8-6-4-2-1-3-5(4)10-7(9)11-6;/h5-9H2,1-4H3;5-6H2,1-4H3,(H,9,10);1-3H2;1H. The number of aryl methyl sites for hydroxylation is 2. The van der Waals surface area contributed by atoms with E-state index in [2.05, 4.69) is 46.0 Å². The molecule has 0 aromatic carbocycles. The van der Waals surface area contributed by atoms with Gasteiger partial charge < -0.3 is 10.2 Å². The monoisotopic (exact) mass is 662 g/mol. The number of fused-ring (bicyclic) bond motifs is 2. The van der Waals surface area contributed by atoms with E-state index in [0.717, 1.165) is 73.3 Å². The van der Waals surface area contributed by atoms with E-state index in [1.54, 1.807) is 0 Å². The quantitative estimate of drug-likeness (QED) is 0.253. The van der Waals surface area contributed by atoms with Crippen LogP contribution in [0.4, 0.5) is 5.82 Å². The molecule has 2 aromatic heterocycles. The number of carbonyl (C=O) groups excluding carboxylic acids is 2. The summed E-state index contributed by atoms with van der Waals surface area (Å²) in [7, 11) is 1.90. The minimum Gasteiger partial charge on any atom is -0.352 e. The van der Waals surface area contributed by atoms with Gasteiger partial charge in [-0.3, -0.25) is 9.59 Å². The van der Waals surface area contributed by atoms with Crippen LogP contribution in [0.25, 0.3) is 0 Å². The zero-order chi connectivity index (χ0) is 31.0. The van der Waals surface area contributed by atoms with Crippen molar-refractivity contribution in [3.8, 4) is 0 Å². The molecule has 2 heterocycles. The number of halogens is 4. The molecule has 42 heavy (non-hydrogen) atoms. The van der Waals surface area contributed by atoms with Crippen molar-refractivity contribution in [2.45, 2.75) is 112 Å². The molecule has 0 saturated heterocycles. The van der Waals surface area contributed by atoms with Crippen molar-refractivity contribution >= 4 is 64.7 Å². The lowest BCUT2D eigenvalue weighted by atomic mass is 9.90. The predicted molar refractivity (Wildman–Crippen MR) is 176 cm³/mol. The van der Waals surface area contributed by atoms with E-state index in [1.165, 1.54) is 0 Å². The minimum atomic E-state index is -0.0771. The second-order valence-corrected chi connectivity index (χ2v) is 13.9. The summed E-state index contributed by atoms with van der Waals surface area (Å²) in [6, 6.07) is 0. The van der Waals surface area contributed by atoms with Crippen LogP contribution < -0.4 is 10.2 Å². The summed E-state index contributed by atoms with van der Waals surface area (Å²) in [6.07, 6.45) is 8.22. The topological polar surface area (TPSA) is 101 Å². The van der Waals surface area contributed by atoms with Gasteiger partial charge in [-0.25, -0.2) is 19.9 Å². The van der Waals surface area contributed by atoms with Gasteiger partial charge in [-0.2, -0.15) is 0 Å². The Morgan fingerprint density at radius 2 is 1.36 bits per heavy atom. The molecule has 8 nitrogen and oxygen atoms in total. The number of anilines is 1. The van der Waals surface area contributed by atoms with Crippen molar-refractivity contribution < 1.29 is 9.59 Å². The first kappa shape index (κ1) is 38.3. The van der Waals surface area contributed by atoms with Crippen LogP contribution in [0.1, 0.15) is 103 Å². The summed E-state index contributed by atoms with van der Waals surface area (Å²) in [4.78, 5) is 41.5. The summed E-state index contributed by atoms with van der Waals surface area (Å²) in [6.45, 7) is 14.6. The van der Waals surface area contributed by atoms with Gasteiger partial charge in [0.2, 0.25) is 16.5 Å². The van der Waals surface area contributed by atoms with Gasteiger partial charge in [0.25, 0.3) is 0 Å². The van der Waals surface area contributed by atoms with Crippen LogP contribution in [0.5, 0.6) is 0 Å². The minimum absolute atomic E-state index is 0. The van der Waals surface area contributed by atoms with Gasteiger partial charge in [-0.1, -0.05) is 39.3 Å². The Bertz CT molecular complexity index is 1210. The van der Waals surface area contributed by atoms with Crippen LogP contribution in [0.3, 0.4) is 0 Å². The third-order valence-corrected chi connectivity index (χ3v) is 6.88. The zero-order valence-electron chi connectivity index (χ0n) is 26.2. The summed E-state index contributed by atoms with van der Waals surface area (Å²) in [5.74, 6) is 1.19. The van der Waals surface area contributed by atoms with E-state index in [4.69, 9.17) is 34.8 Å². The second-order valence-electron chi connectivity index (χ2n) is 12.8. The van der Waals surface area contributed by atoms with Gasteiger partial charge in [0, 0.05) is 36.6 Å². The average molecular weight is 665 g/mol.